The molecule has 0 aliphatic heterocycles. The smallest absolute Gasteiger partial charge is 0.264 e. The first-order valence-corrected chi connectivity index (χ1v) is 12.3. The third kappa shape index (κ3) is 7.58. The summed E-state index contributed by atoms with van der Waals surface area (Å²) in [5.41, 5.74) is 3.75. The van der Waals surface area contributed by atoms with Gasteiger partial charge in [0, 0.05) is 22.5 Å². The number of aryl methyl sites for hydroxylation is 1. The van der Waals surface area contributed by atoms with E-state index in [9.17, 15) is 4.79 Å². The summed E-state index contributed by atoms with van der Waals surface area (Å²) in [5, 5.41) is 4.14. The van der Waals surface area contributed by atoms with E-state index in [0.717, 1.165) is 33.9 Å². The van der Waals surface area contributed by atoms with Crippen molar-refractivity contribution in [2.24, 2.45) is 5.41 Å². The molecule has 0 radical (unpaired) electrons. The van der Waals surface area contributed by atoms with Crippen molar-refractivity contribution in [2.45, 2.75) is 59.8 Å². The van der Waals surface area contributed by atoms with Gasteiger partial charge in [-0.15, -0.1) is 11.3 Å². The van der Waals surface area contributed by atoms with Gasteiger partial charge in [-0.05, 0) is 59.1 Å². The predicted octanol–water partition coefficient (Wildman–Crippen LogP) is 7.43. The van der Waals surface area contributed by atoms with Crippen molar-refractivity contribution in [3.05, 3.63) is 75.3 Å². The lowest BCUT2D eigenvalue weighted by Gasteiger charge is -2.33. The summed E-state index contributed by atoms with van der Waals surface area (Å²) in [6.45, 7) is 13.2. The number of hydrogen-bond donors (Lipinski definition) is 1. The quantitative estimate of drug-likeness (QED) is 0.361. The normalized spacial score (nSPS) is 12.0. The molecule has 0 fully saturated rings. The van der Waals surface area contributed by atoms with Crippen LogP contribution < -0.4 is 10.1 Å². The number of ether oxygens (including phenoxy) is 1. The molecule has 33 heavy (non-hydrogen) atoms. The zero-order chi connectivity index (χ0) is 24.2. The lowest BCUT2D eigenvalue weighted by Crippen LogP contribution is -2.24. The summed E-state index contributed by atoms with van der Waals surface area (Å²) >= 11 is 7.67. The number of amides is 1. The summed E-state index contributed by atoms with van der Waals surface area (Å²) in [4.78, 5) is 17.7. The predicted molar refractivity (Wildman–Crippen MR) is 139 cm³/mol. The number of nitrogens with zero attached hydrogens (tertiary/aromatic N) is 1. The molecule has 6 heteroatoms. The Morgan fingerprint density at radius 3 is 2.42 bits per heavy atom. The second-order valence-electron chi connectivity index (χ2n) is 10.4. The molecule has 2 aromatic carbocycles. The number of benzene rings is 2. The van der Waals surface area contributed by atoms with Crippen molar-refractivity contribution >= 4 is 34.0 Å². The van der Waals surface area contributed by atoms with Gasteiger partial charge in [-0.1, -0.05) is 70.5 Å². The van der Waals surface area contributed by atoms with E-state index in [1.807, 2.05) is 31.2 Å². The van der Waals surface area contributed by atoms with Gasteiger partial charge in [0.2, 0.25) is 0 Å². The molecule has 1 N–H and O–H groups in total. The third-order valence-corrected chi connectivity index (χ3v) is 6.71. The molecule has 1 aromatic heterocycles. The van der Waals surface area contributed by atoms with E-state index in [1.54, 1.807) is 6.20 Å². The van der Waals surface area contributed by atoms with Gasteiger partial charge in [-0.2, -0.15) is 0 Å². The molecule has 176 valence electrons. The Balaban J connectivity index is 1.51. The molecule has 0 spiro atoms. The van der Waals surface area contributed by atoms with Crippen LogP contribution in [-0.4, -0.2) is 17.5 Å². The highest BCUT2D eigenvalue weighted by Crippen LogP contribution is 2.36. The zero-order valence-electron chi connectivity index (χ0n) is 20.3. The first kappa shape index (κ1) is 25.3. The number of halogens is 1. The minimum atomic E-state index is -0.230. The monoisotopic (exact) mass is 484 g/mol. The van der Waals surface area contributed by atoms with Gasteiger partial charge in [-0.25, -0.2) is 4.98 Å². The summed E-state index contributed by atoms with van der Waals surface area (Å²) < 4.78 is 5.69. The van der Waals surface area contributed by atoms with Gasteiger partial charge < -0.3 is 4.74 Å². The van der Waals surface area contributed by atoms with E-state index < -0.39 is 0 Å². The van der Waals surface area contributed by atoms with Crippen LogP contribution in [-0.2, 0) is 16.6 Å². The molecular weight excluding hydrogens is 452 g/mol. The molecule has 4 nitrogen and oxygen atoms in total. The highest BCUT2D eigenvalue weighted by Gasteiger charge is 2.27. The molecule has 0 atom stereocenters. The second-order valence-corrected chi connectivity index (χ2v) is 11.9. The Kier molecular flexibility index (Phi) is 7.86. The number of nitrogens with one attached hydrogen (secondary N) is 1. The lowest BCUT2D eigenvalue weighted by molar-refractivity contribution is -0.118. The van der Waals surface area contributed by atoms with Gasteiger partial charge in [0.15, 0.2) is 11.7 Å². The van der Waals surface area contributed by atoms with Crippen molar-refractivity contribution < 1.29 is 9.53 Å². The van der Waals surface area contributed by atoms with Crippen LogP contribution in [0.25, 0.3) is 0 Å². The van der Waals surface area contributed by atoms with Gasteiger partial charge in [0.1, 0.15) is 5.75 Å². The maximum atomic E-state index is 12.3. The standard InChI is InChI=1S/C27H33ClN2O2S/c1-18-7-8-19(14-23(18)28)13-22-15-29-25(33-22)30-24(31)16-32-21-11-9-20(10-12-21)27(5,6)17-26(2,3)4/h7-12,14-15H,13,16-17H2,1-6H3,(H,29,30,31). The summed E-state index contributed by atoms with van der Waals surface area (Å²) in [6, 6.07) is 14.1. The van der Waals surface area contributed by atoms with Crippen LogP contribution in [0.15, 0.2) is 48.7 Å². The Hall–Kier alpha value is -2.37. The van der Waals surface area contributed by atoms with Gasteiger partial charge in [-0.3, -0.25) is 10.1 Å². The molecule has 0 unspecified atom stereocenters. The van der Waals surface area contributed by atoms with Gasteiger partial charge in [0.05, 0.1) is 0 Å². The Bertz CT molecular complexity index is 1100. The van der Waals surface area contributed by atoms with E-state index >= 15 is 0 Å². The first-order valence-electron chi connectivity index (χ1n) is 11.1. The van der Waals surface area contributed by atoms with Crippen molar-refractivity contribution in [3.8, 4) is 5.75 Å². The van der Waals surface area contributed by atoms with Crippen LogP contribution in [0, 0.1) is 12.3 Å². The van der Waals surface area contributed by atoms with E-state index in [1.165, 1.54) is 16.9 Å². The molecule has 3 rings (SSSR count). The fourth-order valence-corrected chi connectivity index (χ4v) is 5.20. The van der Waals surface area contributed by atoms with Crippen LogP contribution in [0.4, 0.5) is 5.13 Å². The Labute approximate surface area is 206 Å². The summed E-state index contributed by atoms with van der Waals surface area (Å²) in [5.74, 6) is 0.447. The van der Waals surface area contributed by atoms with E-state index in [4.69, 9.17) is 16.3 Å². The molecule has 1 heterocycles. The number of hydrogen-bond acceptors (Lipinski definition) is 4. The average Bonchev–Trinajstić information content (AvgIpc) is 3.14. The fourth-order valence-electron chi connectivity index (χ4n) is 4.13. The van der Waals surface area contributed by atoms with Crippen LogP contribution in [0.1, 0.15) is 62.6 Å². The minimum absolute atomic E-state index is 0.0623. The molecule has 1 amide bonds. The topological polar surface area (TPSA) is 51.2 Å². The molecule has 0 aliphatic carbocycles. The number of rotatable bonds is 8. The largest absolute Gasteiger partial charge is 0.484 e. The number of aromatic nitrogens is 1. The molecule has 0 saturated carbocycles. The summed E-state index contributed by atoms with van der Waals surface area (Å²) in [6.07, 6.45) is 3.59. The van der Waals surface area contributed by atoms with Crippen molar-refractivity contribution in [1.82, 2.24) is 4.98 Å². The van der Waals surface area contributed by atoms with Crippen LogP contribution in [0.2, 0.25) is 5.02 Å². The zero-order valence-corrected chi connectivity index (χ0v) is 21.9. The lowest BCUT2D eigenvalue weighted by atomic mass is 9.72. The van der Waals surface area contributed by atoms with E-state index in [0.29, 0.717) is 10.9 Å². The highest BCUT2D eigenvalue weighted by atomic mass is 35.5. The van der Waals surface area contributed by atoms with Crippen LogP contribution >= 0.6 is 22.9 Å². The van der Waals surface area contributed by atoms with E-state index in [2.05, 4.69) is 63.1 Å². The van der Waals surface area contributed by atoms with Gasteiger partial charge >= 0.3 is 0 Å². The van der Waals surface area contributed by atoms with Crippen molar-refractivity contribution in [1.29, 1.82) is 0 Å². The van der Waals surface area contributed by atoms with Crippen LogP contribution in [0.5, 0.6) is 5.75 Å². The average molecular weight is 485 g/mol. The number of thiazole rings is 1. The Morgan fingerprint density at radius 2 is 1.79 bits per heavy atom. The molecule has 0 saturated heterocycles. The second kappa shape index (κ2) is 10.3. The van der Waals surface area contributed by atoms with Crippen LogP contribution in [0.3, 0.4) is 0 Å². The maximum absolute atomic E-state index is 12.3. The molecule has 0 aliphatic rings. The molecule has 0 bridgehead atoms. The van der Waals surface area contributed by atoms with Gasteiger partial charge in [0.25, 0.3) is 5.91 Å². The maximum Gasteiger partial charge on any atom is 0.264 e. The fraction of sp³-hybridized carbons (Fsp3) is 0.407. The van der Waals surface area contributed by atoms with Crippen molar-refractivity contribution in [3.63, 3.8) is 0 Å². The molecular formula is C27H33ClN2O2S. The van der Waals surface area contributed by atoms with E-state index in [-0.39, 0.29) is 23.3 Å². The summed E-state index contributed by atoms with van der Waals surface area (Å²) in [7, 11) is 0. The number of carbonyl (C=O) groups excluding carboxylic acids is 1. The third-order valence-electron chi connectivity index (χ3n) is 5.39. The Morgan fingerprint density at radius 1 is 1.09 bits per heavy atom. The number of anilines is 1. The molecule has 3 aromatic rings. The minimum Gasteiger partial charge on any atom is -0.484 e. The van der Waals surface area contributed by atoms with Crippen molar-refractivity contribution in [2.75, 3.05) is 11.9 Å². The number of carbonyl (C=O) groups is 1. The highest BCUT2D eigenvalue weighted by molar-refractivity contribution is 7.15. The SMILES string of the molecule is Cc1ccc(Cc2cnc(NC(=O)COc3ccc(C(C)(C)CC(C)(C)C)cc3)s2)cc1Cl. The first-order chi connectivity index (χ1) is 15.4.